The van der Waals surface area contributed by atoms with E-state index in [-0.39, 0.29) is 25.1 Å². The van der Waals surface area contributed by atoms with Crippen LogP contribution in [0.2, 0.25) is 0 Å². The summed E-state index contributed by atoms with van der Waals surface area (Å²) in [4.78, 5) is 14.6. The molecule has 0 spiro atoms. The van der Waals surface area contributed by atoms with Gasteiger partial charge in [0.1, 0.15) is 11.4 Å². The van der Waals surface area contributed by atoms with Crippen LogP contribution in [0.3, 0.4) is 0 Å². The van der Waals surface area contributed by atoms with E-state index >= 15 is 0 Å². The highest BCUT2D eigenvalue weighted by atomic mass is 19.1. The van der Waals surface area contributed by atoms with Crippen molar-refractivity contribution in [3.05, 3.63) is 71.0 Å². The Kier molecular flexibility index (Phi) is 6.31. The Morgan fingerprint density at radius 3 is 2.61 bits per heavy atom. The van der Waals surface area contributed by atoms with Crippen molar-refractivity contribution in [1.82, 2.24) is 4.90 Å². The molecule has 2 N–H and O–H groups in total. The summed E-state index contributed by atoms with van der Waals surface area (Å²) in [5, 5.41) is 18.6. The molecule has 1 amide bonds. The van der Waals surface area contributed by atoms with Crippen LogP contribution in [0.5, 0.6) is 0 Å². The lowest BCUT2D eigenvalue weighted by molar-refractivity contribution is -0.0680. The van der Waals surface area contributed by atoms with Crippen molar-refractivity contribution in [3.63, 3.8) is 0 Å². The number of carbonyl (C=O) groups excluding carboxylic acids is 1. The van der Waals surface area contributed by atoms with E-state index < -0.39 is 11.7 Å². The van der Waals surface area contributed by atoms with Gasteiger partial charge < -0.3 is 19.8 Å². The molecule has 5 nitrogen and oxygen atoms in total. The number of ether oxygens (including phenoxy) is 1. The van der Waals surface area contributed by atoms with Crippen LogP contribution in [0.1, 0.15) is 48.9 Å². The minimum Gasteiger partial charge on any atom is -0.438 e. The van der Waals surface area contributed by atoms with Crippen LogP contribution in [0, 0.1) is 5.82 Å². The Hall–Kier alpha value is -2.44. The summed E-state index contributed by atoms with van der Waals surface area (Å²) in [7, 11) is 0. The zero-order valence-electron chi connectivity index (χ0n) is 16.0. The normalized spacial score (nSPS) is 20.7. The lowest BCUT2D eigenvalue weighted by Gasteiger charge is -2.43. The lowest BCUT2D eigenvalue weighted by Crippen LogP contribution is -2.48. The van der Waals surface area contributed by atoms with Gasteiger partial charge in [0, 0.05) is 19.6 Å². The highest BCUT2D eigenvalue weighted by molar-refractivity contribution is 5.70. The molecule has 0 saturated carbocycles. The van der Waals surface area contributed by atoms with E-state index in [4.69, 9.17) is 4.74 Å². The molecule has 6 heteroatoms. The van der Waals surface area contributed by atoms with Crippen LogP contribution in [0.15, 0.2) is 48.5 Å². The van der Waals surface area contributed by atoms with Gasteiger partial charge in [-0.15, -0.1) is 0 Å². The number of cyclic esters (lactones) is 1. The molecule has 1 unspecified atom stereocenters. The maximum Gasteiger partial charge on any atom is 0.411 e. The lowest BCUT2D eigenvalue weighted by atomic mass is 9.84. The molecule has 0 radical (unpaired) electrons. The predicted octanol–water partition coefficient (Wildman–Crippen LogP) is 3.89. The minimum absolute atomic E-state index is 0.00539. The molecule has 0 bridgehead atoms. The number of amides is 1. The molecule has 1 aliphatic heterocycles. The summed E-state index contributed by atoms with van der Waals surface area (Å²) in [6.07, 6.45) is 1.08. The SMILES string of the molecule is C[C@@H](c1cccc(CO)c1)N1CCC(CCCO)(c2ccc(F)cc2)OC1=O. The summed E-state index contributed by atoms with van der Waals surface area (Å²) in [5.74, 6) is -0.345. The molecule has 1 fully saturated rings. The predicted molar refractivity (Wildman–Crippen MR) is 103 cm³/mol. The number of aliphatic hydroxyl groups excluding tert-OH is 2. The molecule has 1 saturated heterocycles. The molecule has 3 rings (SSSR count). The van der Waals surface area contributed by atoms with Gasteiger partial charge >= 0.3 is 6.09 Å². The highest BCUT2D eigenvalue weighted by Crippen LogP contribution is 2.40. The van der Waals surface area contributed by atoms with Gasteiger partial charge in [-0.2, -0.15) is 0 Å². The van der Waals surface area contributed by atoms with E-state index in [1.54, 1.807) is 17.0 Å². The number of hydrogen-bond donors (Lipinski definition) is 2. The molecule has 1 heterocycles. The summed E-state index contributed by atoms with van der Waals surface area (Å²) in [6, 6.07) is 13.3. The van der Waals surface area contributed by atoms with Crippen LogP contribution in [0.25, 0.3) is 0 Å². The number of nitrogens with zero attached hydrogens (tertiary/aromatic N) is 1. The van der Waals surface area contributed by atoms with E-state index in [0.717, 1.165) is 16.7 Å². The Morgan fingerprint density at radius 2 is 1.96 bits per heavy atom. The topological polar surface area (TPSA) is 70.0 Å². The fourth-order valence-corrected chi connectivity index (χ4v) is 3.79. The molecule has 2 aromatic rings. The van der Waals surface area contributed by atoms with Crippen LogP contribution < -0.4 is 0 Å². The largest absolute Gasteiger partial charge is 0.438 e. The number of aliphatic hydroxyl groups is 2. The summed E-state index contributed by atoms with van der Waals surface area (Å²) in [5.41, 5.74) is 1.59. The Bertz CT molecular complexity index is 810. The molecule has 0 aromatic heterocycles. The fourth-order valence-electron chi connectivity index (χ4n) is 3.79. The van der Waals surface area contributed by atoms with Crippen molar-refractivity contribution in [2.45, 2.75) is 44.4 Å². The van der Waals surface area contributed by atoms with Crippen molar-refractivity contribution in [1.29, 1.82) is 0 Å². The third-order valence-corrected chi connectivity index (χ3v) is 5.47. The Morgan fingerprint density at radius 1 is 1.21 bits per heavy atom. The average molecular weight is 387 g/mol. The molecule has 2 atom stereocenters. The second-order valence-corrected chi connectivity index (χ2v) is 7.22. The average Bonchev–Trinajstić information content (AvgIpc) is 2.72. The zero-order valence-corrected chi connectivity index (χ0v) is 16.0. The molecule has 1 aliphatic rings. The van der Waals surface area contributed by atoms with Crippen molar-refractivity contribution in [2.75, 3.05) is 13.2 Å². The monoisotopic (exact) mass is 387 g/mol. The standard InChI is InChI=1S/C22H26FNO4/c1-16(18-5-2-4-17(14-18)15-26)24-12-11-22(10-3-13-25,28-21(24)27)19-6-8-20(23)9-7-19/h2,4-9,14,16,25-26H,3,10-13,15H2,1H3/t16-,22?/m0/s1. The first kappa shape index (κ1) is 20.3. The fraction of sp³-hybridized carbons (Fsp3) is 0.409. The van der Waals surface area contributed by atoms with Crippen molar-refractivity contribution in [3.8, 4) is 0 Å². The molecule has 2 aromatic carbocycles. The number of halogens is 1. The van der Waals surface area contributed by atoms with Gasteiger partial charge in [-0.25, -0.2) is 9.18 Å². The van der Waals surface area contributed by atoms with Gasteiger partial charge in [0.2, 0.25) is 0 Å². The second kappa shape index (κ2) is 8.71. The Labute approximate surface area is 164 Å². The van der Waals surface area contributed by atoms with Gasteiger partial charge in [0.05, 0.1) is 12.6 Å². The molecule has 28 heavy (non-hydrogen) atoms. The summed E-state index contributed by atoms with van der Waals surface area (Å²) < 4.78 is 19.3. The second-order valence-electron chi connectivity index (χ2n) is 7.22. The first-order valence-electron chi connectivity index (χ1n) is 9.55. The first-order valence-corrected chi connectivity index (χ1v) is 9.55. The van der Waals surface area contributed by atoms with E-state index in [9.17, 15) is 19.4 Å². The smallest absolute Gasteiger partial charge is 0.411 e. The van der Waals surface area contributed by atoms with E-state index in [1.807, 2.05) is 31.2 Å². The molecular formula is C22H26FNO4. The summed E-state index contributed by atoms with van der Waals surface area (Å²) >= 11 is 0. The number of carbonyl (C=O) groups is 1. The van der Waals surface area contributed by atoms with Gasteiger partial charge in [0.15, 0.2) is 0 Å². The molecular weight excluding hydrogens is 361 g/mol. The van der Waals surface area contributed by atoms with Crippen LogP contribution >= 0.6 is 0 Å². The molecule has 0 aliphatic carbocycles. The third-order valence-electron chi connectivity index (χ3n) is 5.47. The maximum absolute atomic E-state index is 13.4. The van der Waals surface area contributed by atoms with Gasteiger partial charge in [0.25, 0.3) is 0 Å². The first-order chi connectivity index (χ1) is 13.5. The number of benzene rings is 2. The zero-order chi connectivity index (χ0) is 20.1. The van der Waals surface area contributed by atoms with E-state index in [1.165, 1.54) is 12.1 Å². The van der Waals surface area contributed by atoms with E-state index in [2.05, 4.69) is 0 Å². The highest BCUT2D eigenvalue weighted by Gasteiger charge is 2.43. The van der Waals surface area contributed by atoms with Crippen molar-refractivity contribution in [2.24, 2.45) is 0 Å². The van der Waals surface area contributed by atoms with Crippen LogP contribution in [-0.2, 0) is 16.9 Å². The number of rotatable bonds is 7. The van der Waals surface area contributed by atoms with Crippen molar-refractivity contribution >= 4 is 6.09 Å². The van der Waals surface area contributed by atoms with E-state index in [0.29, 0.717) is 25.8 Å². The summed E-state index contributed by atoms with van der Waals surface area (Å²) in [6.45, 7) is 2.34. The number of hydrogen-bond acceptors (Lipinski definition) is 4. The maximum atomic E-state index is 13.4. The van der Waals surface area contributed by atoms with Crippen molar-refractivity contribution < 1.29 is 24.1 Å². The van der Waals surface area contributed by atoms with Gasteiger partial charge in [-0.3, -0.25) is 0 Å². The quantitative estimate of drug-likeness (QED) is 0.756. The third kappa shape index (κ3) is 4.18. The van der Waals surface area contributed by atoms with Gasteiger partial charge in [-0.05, 0) is 48.6 Å². The van der Waals surface area contributed by atoms with Crippen LogP contribution in [0.4, 0.5) is 9.18 Å². The minimum atomic E-state index is -0.864. The Balaban J connectivity index is 1.82. The molecule has 150 valence electrons. The van der Waals surface area contributed by atoms with Gasteiger partial charge in [-0.1, -0.05) is 36.4 Å². The van der Waals surface area contributed by atoms with Crippen LogP contribution in [-0.4, -0.2) is 34.4 Å².